The zero-order valence-corrected chi connectivity index (χ0v) is 10.3. The molecular formula is C6H18AlOY-. The van der Waals surface area contributed by atoms with Crippen LogP contribution in [-0.4, -0.2) is 26.4 Å². The normalized spacial score (nSPS) is 9.22. The molecule has 0 aliphatic carbocycles. The number of hydrogen-bond donors (Lipinski definition) is 1. The first kappa shape index (κ1) is 22.4. The molecular weight excluding hydrogens is 204 g/mol. The van der Waals surface area contributed by atoms with Gasteiger partial charge in [-0.2, -0.15) is 0 Å². The molecule has 0 amide bonds. The minimum atomic E-state index is -0.0401. The van der Waals surface area contributed by atoms with Gasteiger partial charge in [-0.25, -0.2) is 0 Å². The van der Waals surface area contributed by atoms with Crippen LogP contribution in [-0.2, 0) is 32.7 Å². The zero-order valence-electron chi connectivity index (χ0n) is 6.02. The van der Waals surface area contributed by atoms with Crippen LogP contribution in [0.1, 0.15) is 14.4 Å². The molecule has 1 radical (unpaired) electrons. The molecule has 9 heavy (non-hydrogen) atoms. The van der Waals surface area contributed by atoms with Gasteiger partial charge in [0.2, 0.25) is 15.2 Å². The molecule has 0 heterocycles. The molecule has 55 valence electrons. The van der Waals surface area contributed by atoms with Gasteiger partial charge in [-0.3, -0.25) is 0 Å². The van der Waals surface area contributed by atoms with Crippen molar-refractivity contribution in [3.63, 3.8) is 0 Å². The fraction of sp³-hybridized carbons (Fsp3) is 0.833. The fourth-order valence-electron chi connectivity index (χ4n) is 0.418. The van der Waals surface area contributed by atoms with Crippen molar-refractivity contribution >= 4 is 15.2 Å². The Morgan fingerprint density at radius 1 is 1.56 bits per heavy atom. The Bertz CT molecular complexity index is 34.2. The molecule has 1 atom stereocenters. The van der Waals surface area contributed by atoms with Gasteiger partial charge in [0, 0.05) is 38.8 Å². The zero-order chi connectivity index (χ0) is 4.99. The summed E-state index contributed by atoms with van der Waals surface area (Å²) in [5.41, 5.74) is 0. The fourth-order valence-corrected chi connectivity index (χ4v) is 1.25. The quantitative estimate of drug-likeness (QED) is 0.552. The molecule has 1 unspecified atom stereocenters. The molecule has 0 saturated heterocycles. The van der Waals surface area contributed by atoms with Crippen LogP contribution in [0.5, 0.6) is 0 Å². The SMILES string of the molecule is C.[CH3-].[CH3][AlH][CH2]C(C)O.[Y]. The van der Waals surface area contributed by atoms with Crippen molar-refractivity contribution in [3.8, 4) is 0 Å². The Kier molecular flexibility index (Phi) is 40.6. The molecule has 0 spiro atoms. The predicted octanol–water partition coefficient (Wildman–Crippen LogP) is 1.35. The first-order chi connectivity index (χ1) is 2.77. The molecule has 0 saturated carbocycles. The molecule has 0 aromatic rings. The summed E-state index contributed by atoms with van der Waals surface area (Å²) in [4.78, 5) is 0. The average molecular weight is 222 g/mol. The molecule has 0 aliphatic heterocycles. The molecule has 0 aliphatic rings. The number of rotatable bonds is 2. The summed E-state index contributed by atoms with van der Waals surface area (Å²) in [5, 5.41) is 9.66. The third-order valence-electron chi connectivity index (χ3n) is 0.706. The van der Waals surface area contributed by atoms with Crippen LogP contribution >= 0.6 is 0 Å². The molecule has 1 nitrogen and oxygen atoms in total. The summed E-state index contributed by atoms with van der Waals surface area (Å²) in [6.45, 7) is 1.84. The second-order valence-electron chi connectivity index (χ2n) is 1.64. The maximum atomic E-state index is 8.59. The van der Waals surface area contributed by atoms with Gasteiger partial charge in [-0.1, -0.05) is 12.7 Å². The first-order valence-electron chi connectivity index (χ1n) is 2.45. The van der Waals surface area contributed by atoms with E-state index in [9.17, 15) is 0 Å². The van der Waals surface area contributed by atoms with Gasteiger partial charge < -0.3 is 12.5 Å². The van der Waals surface area contributed by atoms with Crippen LogP contribution in [0.4, 0.5) is 0 Å². The van der Waals surface area contributed by atoms with Crippen LogP contribution < -0.4 is 0 Å². The smallest absolute Gasteiger partial charge is 0.237 e. The second kappa shape index (κ2) is 16.3. The summed E-state index contributed by atoms with van der Waals surface area (Å²) in [7, 11) is 0. The summed E-state index contributed by atoms with van der Waals surface area (Å²) >= 11 is 0.117. The Morgan fingerprint density at radius 2 is 1.89 bits per heavy atom. The van der Waals surface area contributed by atoms with Crippen molar-refractivity contribution in [1.29, 1.82) is 0 Å². The molecule has 0 fully saturated rings. The first-order valence-corrected chi connectivity index (χ1v) is 4.87. The third kappa shape index (κ3) is 26.2. The van der Waals surface area contributed by atoms with E-state index in [-0.39, 0.29) is 68.9 Å². The summed E-state index contributed by atoms with van der Waals surface area (Å²) in [6, 6.07) is 0. The molecule has 3 heteroatoms. The molecule has 0 aromatic carbocycles. The monoisotopic (exact) mass is 222 g/mol. The van der Waals surface area contributed by atoms with E-state index in [0.717, 1.165) is 5.28 Å². The van der Waals surface area contributed by atoms with Gasteiger partial charge in [0.1, 0.15) is 0 Å². The van der Waals surface area contributed by atoms with E-state index in [2.05, 4.69) is 5.79 Å². The van der Waals surface area contributed by atoms with E-state index < -0.39 is 0 Å². The largest absolute Gasteiger partial charge is 0.395 e. The van der Waals surface area contributed by atoms with Gasteiger partial charge in [0.05, 0.1) is 0 Å². The molecule has 0 rings (SSSR count). The third-order valence-corrected chi connectivity index (χ3v) is 2.12. The van der Waals surface area contributed by atoms with Crippen molar-refractivity contribution in [2.24, 2.45) is 0 Å². The Hall–Kier alpha value is 1.60. The predicted molar refractivity (Wildman–Crippen MR) is 42.6 cm³/mol. The summed E-state index contributed by atoms with van der Waals surface area (Å²) in [6.07, 6.45) is -0.0401. The van der Waals surface area contributed by atoms with Gasteiger partial charge >= 0.3 is 0 Å². The number of aliphatic hydroxyl groups excluding tert-OH is 1. The number of aliphatic hydroxyl groups is 1. The van der Waals surface area contributed by atoms with E-state index in [1.807, 2.05) is 6.92 Å². The van der Waals surface area contributed by atoms with Gasteiger partial charge in [0.15, 0.2) is 0 Å². The van der Waals surface area contributed by atoms with Gasteiger partial charge in [-0.05, 0) is 6.92 Å². The minimum absolute atomic E-state index is 0. The Morgan fingerprint density at radius 3 is 1.89 bits per heavy atom. The van der Waals surface area contributed by atoms with Crippen molar-refractivity contribution in [3.05, 3.63) is 7.43 Å². The van der Waals surface area contributed by atoms with Crippen LogP contribution in [0.15, 0.2) is 0 Å². The Labute approximate surface area is 91.2 Å². The topological polar surface area (TPSA) is 20.2 Å². The van der Waals surface area contributed by atoms with Gasteiger partial charge in [-0.15, -0.1) is 5.79 Å². The van der Waals surface area contributed by atoms with Crippen LogP contribution in [0.2, 0.25) is 11.1 Å². The van der Waals surface area contributed by atoms with E-state index in [1.165, 1.54) is 0 Å². The Balaban J connectivity index is -0.0000000417. The molecule has 0 aromatic heterocycles. The van der Waals surface area contributed by atoms with Crippen molar-refractivity contribution < 1.29 is 37.8 Å². The van der Waals surface area contributed by atoms with Crippen LogP contribution in [0, 0.1) is 7.43 Å². The second-order valence-corrected chi connectivity index (χ2v) is 3.22. The van der Waals surface area contributed by atoms with Gasteiger partial charge in [0.25, 0.3) is 0 Å². The average Bonchev–Trinajstić information content (AvgIpc) is 1.35. The standard InChI is InChI=1S/C3H7O.CH4.2CH3.Al.Y.H/c1-3(2)4;;;;;;/h3-4H,1H2,2H3;1H4;2*1H3;;;/q;;;-1;;;. The minimum Gasteiger partial charge on any atom is -0.395 e. The summed E-state index contributed by atoms with van der Waals surface area (Å²) < 4.78 is 0. The van der Waals surface area contributed by atoms with E-state index in [0.29, 0.717) is 0 Å². The van der Waals surface area contributed by atoms with E-state index in [1.54, 1.807) is 0 Å². The summed E-state index contributed by atoms with van der Waals surface area (Å²) in [5.74, 6) is 2.20. The molecule has 1 N–H and O–H groups in total. The van der Waals surface area contributed by atoms with Crippen LogP contribution in [0.3, 0.4) is 0 Å². The van der Waals surface area contributed by atoms with Crippen molar-refractivity contribution in [2.45, 2.75) is 31.5 Å². The number of hydrogen-bond acceptors (Lipinski definition) is 1. The van der Waals surface area contributed by atoms with Crippen molar-refractivity contribution in [1.82, 2.24) is 0 Å². The maximum Gasteiger partial charge on any atom is 0.237 e. The maximum absolute atomic E-state index is 8.59. The van der Waals surface area contributed by atoms with E-state index >= 15 is 0 Å². The molecule has 0 bridgehead atoms. The van der Waals surface area contributed by atoms with Crippen molar-refractivity contribution in [2.75, 3.05) is 0 Å². The van der Waals surface area contributed by atoms with E-state index in [4.69, 9.17) is 5.11 Å². The van der Waals surface area contributed by atoms with Crippen LogP contribution in [0.25, 0.3) is 0 Å².